The minimum Gasteiger partial charge on any atom is -0.354 e. The molecule has 3 nitrogen and oxygen atoms in total. The summed E-state index contributed by atoms with van der Waals surface area (Å²) in [6.45, 7) is 0. The Morgan fingerprint density at radius 2 is 1.29 bits per heavy atom. The molecule has 0 spiro atoms. The van der Waals surface area contributed by atoms with Gasteiger partial charge in [0, 0.05) is 29.6 Å². The van der Waals surface area contributed by atoms with Gasteiger partial charge >= 0.3 is 0 Å². The van der Waals surface area contributed by atoms with Crippen LogP contribution in [0.2, 0.25) is 10.0 Å². The van der Waals surface area contributed by atoms with Crippen molar-refractivity contribution in [3.05, 3.63) is 95.0 Å². The van der Waals surface area contributed by atoms with E-state index in [0.717, 1.165) is 37.6 Å². The Bertz CT molecular complexity index is 1400. The maximum Gasteiger partial charge on any atom is 0.246 e. The van der Waals surface area contributed by atoms with E-state index in [2.05, 4.69) is 23.5 Å². The van der Waals surface area contributed by atoms with Gasteiger partial charge < -0.3 is 5.32 Å². The van der Waals surface area contributed by atoms with Crippen LogP contribution in [0, 0.1) is 0 Å². The smallest absolute Gasteiger partial charge is 0.246 e. The predicted octanol–water partition coefficient (Wildman–Crippen LogP) is 9.26. The van der Waals surface area contributed by atoms with Crippen LogP contribution in [-0.4, -0.2) is 11.8 Å². The maximum absolute atomic E-state index is 12.1. The summed E-state index contributed by atoms with van der Waals surface area (Å²) in [6, 6.07) is 27.5. The predicted molar refractivity (Wildman–Crippen MR) is 145 cm³/mol. The molecule has 2 aliphatic rings. The zero-order valence-electron chi connectivity index (χ0n) is 17.6. The van der Waals surface area contributed by atoms with Crippen LogP contribution in [0.1, 0.15) is 0 Å². The van der Waals surface area contributed by atoms with E-state index < -0.39 is 0 Å². The lowest BCUT2D eigenvalue weighted by Gasteiger charge is -2.30. The molecule has 0 saturated heterocycles. The van der Waals surface area contributed by atoms with Crippen LogP contribution in [0.5, 0.6) is 0 Å². The molecule has 34 heavy (non-hydrogen) atoms. The molecule has 2 aliphatic heterocycles. The lowest BCUT2D eigenvalue weighted by molar-refractivity contribution is -0.115. The molecule has 0 aromatic heterocycles. The van der Waals surface area contributed by atoms with Crippen LogP contribution in [0.3, 0.4) is 0 Å². The number of hydrogen-bond acceptors (Lipinski definition) is 4. The third-order valence-electron chi connectivity index (χ3n) is 5.17. The highest BCUT2D eigenvalue weighted by atomic mass is 35.5. The van der Waals surface area contributed by atoms with Crippen LogP contribution < -0.4 is 10.2 Å². The molecule has 1 N–H and O–H groups in total. The molecule has 2 heterocycles. The first-order valence-corrected chi connectivity index (χ1v) is 13.2. The third-order valence-corrected chi connectivity index (χ3v) is 8.15. The standard InChI is InChI=1S/C14H9Cl2NOS.C12H8ClNS/c15-8-14(18)17-10-3-1-2-4-12(10)19-13-6-5-9(16)7-11(13)17;13-8-5-6-12-10(7-8)14-9-3-1-2-4-11(9)15-12/h1-7H,8H2;1-7,14H. The van der Waals surface area contributed by atoms with E-state index in [-0.39, 0.29) is 11.8 Å². The van der Waals surface area contributed by atoms with E-state index in [1.54, 1.807) is 34.5 Å². The fourth-order valence-corrected chi connectivity index (χ4v) is 6.13. The van der Waals surface area contributed by atoms with Gasteiger partial charge in [0.05, 0.1) is 22.7 Å². The van der Waals surface area contributed by atoms with Crippen molar-refractivity contribution >= 4 is 87.0 Å². The van der Waals surface area contributed by atoms with Crippen LogP contribution in [0.25, 0.3) is 0 Å². The summed E-state index contributed by atoms with van der Waals surface area (Å²) in [5, 5.41) is 4.74. The molecule has 0 saturated carbocycles. The normalized spacial score (nSPS) is 12.7. The average molecular weight is 544 g/mol. The van der Waals surface area contributed by atoms with E-state index >= 15 is 0 Å². The minimum atomic E-state index is -0.155. The highest BCUT2D eigenvalue weighted by molar-refractivity contribution is 8.00. The quantitative estimate of drug-likeness (QED) is 0.214. The Morgan fingerprint density at radius 3 is 2.09 bits per heavy atom. The molecule has 0 aliphatic carbocycles. The van der Waals surface area contributed by atoms with Gasteiger partial charge in [-0.1, -0.05) is 71.0 Å². The topological polar surface area (TPSA) is 32.3 Å². The van der Waals surface area contributed by atoms with E-state index in [4.69, 9.17) is 34.8 Å². The second-order valence-electron chi connectivity index (χ2n) is 7.41. The van der Waals surface area contributed by atoms with E-state index in [0.29, 0.717) is 5.02 Å². The van der Waals surface area contributed by atoms with Gasteiger partial charge in [0.25, 0.3) is 0 Å². The van der Waals surface area contributed by atoms with E-state index in [1.807, 2.05) is 60.7 Å². The molecule has 4 aromatic rings. The minimum absolute atomic E-state index is 0.0645. The lowest BCUT2D eigenvalue weighted by atomic mass is 10.2. The Hall–Kier alpha value is -2.28. The van der Waals surface area contributed by atoms with Crippen molar-refractivity contribution in [2.75, 3.05) is 16.1 Å². The number of fused-ring (bicyclic) bond motifs is 4. The van der Waals surface area contributed by atoms with E-state index in [9.17, 15) is 4.79 Å². The summed E-state index contributed by atoms with van der Waals surface area (Å²) < 4.78 is 0. The zero-order valence-corrected chi connectivity index (χ0v) is 21.5. The third kappa shape index (κ3) is 4.77. The van der Waals surface area contributed by atoms with Crippen molar-refractivity contribution < 1.29 is 4.79 Å². The number of nitrogens with zero attached hydrogens (tertiary/aromatic N) is 1. The largest absolute Gasteiger partial charge is 0.354 e. The highest BCUT2D eigenvalue weighted by Crippen LogP contribution is 2.49. The molecule has 0 unspecified atom stereocenters. The number of carbonyl (C=O) groups excluding carboxylic acids is 1. The van der Waals surface area contributed by atoms with Crippen molar-refractivity contribution in [3.63, 3.8) is 0 Å². The SMILES string of the molecule is Clc1ccc2c(c1)Nc1ccccc1S2.O=C(CCl)N1c2ccccc2Sc2ccc(Cl)cc21. The van der Waals surface area contributed by atoms with Crippen molar-refractivity contribution in [2.24, 2.45) is 0 Å². The monoisotopic (exact) mass is 542 g/mol. The molecule has 0 fully saturated rings. The summed E-state index contributed by atoms with van der Waals surface area (Å²) in [5.74, 6) is -0.219. The van der Waals surface area contributed by atoms with Crippen LogP contribution in [0.15, 0.2) is 105 Å². The number of halogens is 3. The number of amides is 1. The fourth-order valence-electron chi connectivity index (χ4n) is 3.67. The number of nitrogens with one attached hydrogen (secondary N) is 1. The molecular formula is C26H17Cl3N2OS2. The Morgan fingerprint density at radius 1 is 0.706 bits per heavy atom. The second kappa shape index (κ2) is 10.1. The summed E-state index contributed by atoms with van der Waals surface area (Å²) in [4.78, 5) is 18.3. The van der Waals surface area contributed by atoms with Gasteiger partial charge in [-0.15, -0.1) is 11.6 Å². The molecule has 170 valence electrons. The molecular weight excluding hydrogens is 527 g/mol. The van der Waals surface area contributed by atoms with Crippen LogP contribution >= 0.6 is 58.3 Å². The number of benzene rings is 4. The Balaban J connectivity index is 0.000000145. The van der Waals surface area contributed by atoms with Crippen LogP contribution in [0.4, 0.5) is 22.7 Å². The van der Waals surface area contributed by atoms with Gasteiger partial charge in [0.15, 0.2) is 0 Å². The number of para-hydroxylation sites is 2. The molecule has 4 aromatic carbocycles. The molecule has 0 atom stereocenters. The van der Waals surface area contributed by atoms with Gasteiger partial charge in [-0.05, 0) is 60.7 Å². The van der Waals surface area contributed by atoms with Crippen molar-refractivity contribution in [2.45, 2.75) is 19.6 Å². The number of anilines is 4. The van der Waals surface area contributed by atoms with Crippen molar-refractivity contribution in [1.82, 2.24) is 0 Å². The van der Waals surface area contributed by atoms with Gasteiger partial charge in [0.1, 0.15) is 5.88 Å². The summed E-state index contributed by atoms with van der Waals surface area (Å²) in [5.41, 5.74) is 3.89. The van der Waals surface area contributed by atoms with Gasteiger partial charge in [-0.3, -0.25) is 9.69 Å². The number of rotatable bonds is 1. The Labute approximate surface area is 221 Å². The molecule has 8 heteroatoms. The first kappa shape index (κ1) is 23.5. The number of hydrogen-bond donors (Lipinski definition) is 1. The number of alkyl halides is 1. The van der Waals surface area contributed by atoms with Gasteiger partial charge in [-0.25, -0.2) is 0 Å². The summed E-state index contributed by atoms with van der Waals surface area (Å²) in [6.07, 6.45) is 0. The maximum atomic E-state index is 12.1. The highest BCUT2D eigenvalue weighted by Gasteiger charge is 2.27. The average Bonchev–Trinajstić information content (AvgIpc) is 2.86. The van der Waals surface area contributed by atoms with Crippen LogP contribution in [-0.2, 0) is 4.79 Å². The van der Waals surface area contributed by atoms with Gasteiger partial charge in [0.2, 0.25) is 5.91 Å². The molecule has 6 rings (SSSR count). The fraction of sp³-hybridized carbons (Fsp3) is 0.0385. The molecule has 0 radical (unpaired) electrons. The van der Waals surface area contributed by atoms with Crippen molar-refractivity contribution in [1.29, 1.82) is 0 Å². The second-order valence-corrected chi connectivity index (χ2v) is 10.7. The summed E-state index contributed by atoms with van der Waals surface area (Å²) in [7, 11) is 0. The zero-order chi connectivity index (χ0) is 23.7. The lowest BCUT2D eigenvalue weighted by Crippen LogP contribution is -2.29. The molecule has 1 amide bonds. The van der Waals surface area contributed by atoms with Crippen molar-refractivity contribution in [3.8, 4) is 0 Å². The number of carbonyl (C=O) groups is 1. The first-order chi connectivity index (χ1) is 16.5. The first-order valence-electron chi connectivity index (χ1n) is 10.3. The van der Waals surface area contributed by atoms with E-state index in [1.165, 1.54) is 9.79 Å². The Kier molecular flexibility index (Phi) is 7.00. The summed E-state index contributed by atoms with van der Waals surface area (Å²) >= 11 is 21.1. The molecule has 0 bridgehead atoms. The van der Waals surface area contributed by atoms with Gasteiger partial charge in [-0.2, -0.15) is 0 Å².